The van der Waals surface area contributed by atoms with Crippen LogP contribution >= 0.6 is 0 Å². The number of carbonyl (C=O) groups is 3. The fourth-order valence-corrected chi connectivity index (χ4v) is 8.40. The van der Waals surface area contributed by atoms with Crippen LogP contribution in [-0.4, -0.2) is 37.2 Å². The maximum atomic E-state index is 12.8. The second-order valence-electron chi connectivity index (χ2n) is 20.2. The summed E-state index contributed by atoms with van der Waals surface area (Å²) in [5, 5.41) is 0. The molecule has 0 rings (SSSR count). The van der Waals surface area contributed by atoms with Gasteiger partial charge >= 0.3 is 17.9 Å². The summed E-state index contributed by atoms with van der Waals surface area (Å²) in [6.45, 7) is 13.8. The highest BCUT2D eigenvalue weighted by Crippen LogP contribution is 2.19. The van der Waals surface area contributed by atoms with Crippen molar-refractivity contribution >= 4 is 17.9 Å². The fraction of sp³-hybridized carbons (Fsp3) is 0.946. The van der Waals surface area contributed by atoms with Gasteiger partial charge in [-0.1, -0.05) is 266 Å². The minimum absolute atomic E-state index is 0.0644. The molecule has 0 radical (unpaired) electrons. The molecule has 0 amide bonds. The summed E-state index contributed by atoms with van der Waals surface area (Å²) in [5.74, 6) is 1.71. The molecule has 62 heavy (non-hydrogen) atoms. The highest BCUT2D eigenvalue weighted by molar-refractivity contribution is 5.71. The van der Waals surface area contributed by atoms with Crippen molar-refractivity contribution in [2.45, 2.75) is 311 Å². The van der Waals surface area contributed by atoms with Gasteiger partial charge in [0, 0.05) is 19.3 Å². The minimum atomic E-state index is -0.763. The second-order valence-corrected chi connectivity index (χ2v) is 20.2. The van der Waals surface area contributed by atoms with Crippen LogP contribution in [0.3, 0.4) is 0 Å². The topological polar surface area (TPSA) is 78.9 Å². The Balaban J connectivity index is 4.29. The van der Waals surface area contributed by atoms with Gasteiger partial charge in [-0.05, 0) is 37.0 Å². The zero-order chi connectivity index (χ0) is 45.6. The molecule has 0 saturated heterocycles. The monoisotopic (exact) mass is 877 g/mol. The Morgan fingerprint density at radius 2 is 0.565 bits per heavy atom. The molecule has 0 spiro atoms. The molecule has 0 aromatic rings. The Morgan fingerprint density at radius 1 is 0.323 bits per heavy atom. The molecule has 0 fully saturated rings. The van der Waals surface area contributed by atoms with Crippen LogP contribution in [-0.2, 0) is 28.6 Å². The molecule has 6 heteroatoms. The highest BCUT2D eigenvalue weighted by atomic mass is 16.6. The molecule has 0 aromatic carbocycles. The third-order valence-electron chi connectivity index (χ3n) is 13.4. The highest BCUT2D eigenvalue weighted by Gasteiger charge is 2.19. The number of unbranched alkanes of at least 4 members (excludes halogenated alkanes) is 30. The molecule has 2 unspecified atom stereocenters. The van der Waals surface area contributed by atoms with E-state index in [0.29, 0.717) is 19.3 Å². The summed E-state index contributed by atoms with van der Waals surface area (Å²) in [6, 6.07) is 0. The quantitative estimate of drug-likeness (QED) is 0.0344. The van der Waals surface area contributed by atoms with Crippen molar-refractivity contribution in [1.82, 2.24) is 0 Å². The van der Waals surface area contributed by atoms with Crippen LogP contribution < -0.4 is 0 Å². The number of esters is 3. The lowest BCUT2D eigenvalue weighted by Crippen LogP contribution is -2.30. The summed E-state index contributed by atoms with van der Waals surface area (Å²) in [6.07, 6.45) is 47.9. The van der Waals surface area contributed by atoms with Gasteiger partial charge in [0.15, 0.2) is 6.10 Å². The van der Waals surface area contributed by atoms with Crippen molar-refractivity contribution in [2.24, 2.45) is 17.8 Å². The molecule has 0 heterocycles. The minimum Gasteiger partial charge on any atom is -0.462 e. The van der Waals surface area contributed by atoms with E-state index in [4.69, 9.17) is 14.2 Å². The number of hydrogen-bond acceptors (Lipinski definition) is 6. The number of hydrogen-bond donors (Lipinski definition) is 0. The standard InChI is InChI=1S/C56H108O6/c1-7-51(5)43-37-31-25-19-16-17-21-28-34-40-46-55(58)61-49-53(62-56(59)47-41-35-29-23-22-26-32-38-44-52(6)8-2)48-60-54(57)45-39-33-27-20-15-13-11-9-10-12-14-18-24-30-36-42-50(3)4/h50-53H,7-49H2,1-6H3/t51?,52?,53-/m0/s1. The Hall–Kier alpha value is -1.59. The lowest BCUT2D eigenvalue weighted by atomic mass is 9.99. The maximum Gasteiger partial charge on any atom is 0.306 e. The number of rotatable bonds is 49. The first-order valence-electron chi connectivity index (χ1n) is 27.7. The van der Waals surface area contributed by atoms with E-state index < -0.39 is 6.10 Å². The summed E-state index contributed by atoms with van der Waals surface area (Å²) in [4.78, 5) is 38.0. The third-order valence-corrected chi connectivity index (χ3v) is 13.4. The van der Waals surface area contributed by atoms with Gasteiger partial charge < -0.3 is 14.2 Å². The molecule has 6 nitrogen and oxygen atoms in total. The lowest BCUT2D eigenvalue weighted by Gasteiger charge is -2.18. The Morgan fingerprint density at radius 3 is 0.839 bits per heavy atom. The Labute approximate surface area is 387 Å². The van der Waals surface area contributed by atoms with Crippen LogP contribution in [0, 0.1) is 17.8 Å². The summed E-state index contributed by atoms with van der Waals surface area (Å²) in [5.41, 5.74) is 0. The molecule has 0 aliphatic rings. The predicted octanol–water partition coefficient (Wildman–Crippen LogP) is 17.9. The molecule has 0 aromatic heterocycles. The van der Waals surface area contributed by atoms with Gasteiger partial charge in [-0.15, -0.1) is 0 Å². The number of carbonyl (C=O) groups excluding carboxylic acids is 3. The molecule has 3 atom stereocenters. The smallest absolute Gasteiger partial charge is 0.306 e. The van der Waals surface area contributed by atoms with Crippen molar-refractivity contribution in [2.75, 3.05) is 13.2 Å². The van der Waals surface area contributed by atoms with Crippen molar-refractivity contribution in [3.8, 4) is 0 Å². The van der Waals surface area contributed by atoms with Crippen LogP contribution in [0.5, 0.6) is 0 Å². The average Bonchev–Trinajstić information content (AvgIpc) is 3.26. The van der Waals surface area contributed by atoms with Gasteiger partial charge in [-0.2, -0.15) is 0 Å². The van der Waals surface area contributed by atoms with E-state index in [1.165, 1.54) is 186 Å². The zero-order valence-electron chi connectivity index (χ0n) is 42.7. The van der Waals surface area contributed by atoms with Gasteiger partial charge in [0.05, 0.1) is 0 Å². The molecule has 368 valence electrons. The molecule has 0 aliphatic carbocycles. The normalized spacial score (nSPS) is 13.0. The van der Waals surface area contributed by atoms with E-state index in [-0.39, 0.29) is 31.1 Å². The van der Waals surface area contributed by atoms with E-state index in [0.717, 1.165) is 75.5 Å². The number of ether oxygens (including phenoxy) is 3. The summed E-state index contributed by atoms with van der Waals surface area (Å²) >= 11 is 0. The van der Waals surface area contributed by atoms with Crippen LogP contribution in [0.1, 0.15) is 305 Å². The first-order chi connectivity index (χ1) is 30.2. The Kier molecular flexibility index (Phi) is 46.2. The predicted molar refractivity (Wildman–Crippen MR) is 266 cm³/mol. The molecular weight excluding hydrogens is 769 g/mol. The molecular formula is C56H108O6. The van der Waals surface area contributed by atoms with E-state index >= 15 is 0 Å². The summed E-state index contributed by atoms with van der Waals surface area (Å²) in [7, 11) is 0. The Bertz CT molecular complexity index is 964. The van der Waals surface area contributed by atoms with E-state index in [1.807, 2.05) is 0 Å². The molecule has 0 bridgehead atoms. The van der Waals surface area contributed by atoms with Crippen LogP contribution in [0.2, 0.25) is 0 Å². The van der Waals surface area contributed by atoms with Crippen molar-refractivity contribution in [3.63, 3.8) is 0 Å². The van der Waals surface area contributed by atoms with Gasteiger partial charge in [-0.3, -0.25) is 14.4 Å². The third kappa shape index (κ3) is 46.4. The lowest BCUT2D eigenvalue weighted by molar-refractivity contribution is -0.167. The average molecular weight is 877 g/mol. The first kappa shape index (κ1) is 60.4. The van der Waals surface area contributed by atoms with Crippen molar-refractivity contribution in [1.29, 1.82) is 0 Å². The first-order valence-corrected chi connectivity index (χ1v) is 27.7. The SMILES string of the molecule is CCC(C)CCCCCCCCCCCCC(=O)OC[C@H](COC(=O)CCCCCCCCCCCCCCCCCC(C)C)OC(=O)CCCCCCCCCCC(C)CC. The zero-order valence-corrected chi connectivity index (χ0v) is 42.7. The van der Waals surface area contributed by atoms with Gasteiger partial charge in [0.1, 0.15) is 13.2 Å². The van der Waals surface area contributed by atoms with Crippen LogP contribution in [0.15, 0.2) is 0 Å². The molecule has 0 N–H and O–H groups in total. The molecule has 0 aliphatic heterocycles. The van der Waals surface area contributed by atoms with E-state index in [1.54, 1.807) is 0 Å². The van der Waals surface area contributed by atoms with Crippen molar-refractivity contribution < 1.29 is 28.6 Å². The molecule has 0 saturated carbocycles. The van der Waals surface area contributed by atoms with Gasteiger partial charge in [0.25, 0.3) is 0 Å². The maximum absolute atomic E-state index is 12.8. The van der Waals surface area contributed by atoms with Crippen molar-refractivity contribution in [3.05, 3.63) is 0 Å². The van der Waals surface area contributed by atoms with Crippen LogP contribution in [0.25, 0.3) is 0 Å². The largest absolute Gasteiger partial charge is 0.462 e. The van der Waals surface area contributed by atoms with E-state index in [2.05, 4.69) is 41.5 Å². The second kappa shape index (κ2) is 47.4. The van der Waals surface area contributed by atoms with E-state index in [9.17, 15) is 14.4 Å². The summed E-state index contributed by atoms with van der Waals surface area (Å²) < 4.78 is 16.9. The van der Waals surface area contributed by atoms with Gasteiger partial charge in [-0.25, -0.2) is 0 Å². The van der Waals surface area contributed by atoms with Gasteiger partial charge in [0.2, 0.25) is 0 Å². The van der Waals surface area contributed by atoms with Crippen LogP contribution in [0.4, 0.5) is 0 Å². The fourth-order valence-electron chi connectivity index (χ4n) is 8.40.